The maximum absolute atomic E-state index is 12.4. The number of anilines is 1. The van der Waals surface area contributed by atoms with Gasteiger partial charge in [-0.1, -0.05) is 17.7 Å². The average molecular weight is 388 g/mol. The highest BCUT2D eigenvalue weighted by Crippen LogP contribution is 2.26. The Morgan fingerprint density at radius 1 is 1.28 bits per heavy atom. The van der Waals surface area contributed by atoms with E-state index in [1.807, 2.05) is 0 Å². The van der Waals surface area contributed by atoms with Crippen LogP contribution in [0.3, 0.4) is 0 Å². The molecule has 1 aromatic rings. The van der Waals surface area contributed by atoms with Gasteiger partial charge in [0.1, 0.15) is 0 Å². The van der Waals surface area contributed by atoms with E-state index in [0.29, 0.717) is 36.9 Å². The number of sulfonamides is 1. The summed E-state index contributed by atoms with van der Waals surface area (Å²) in [4.78, 5) is 26.4. The predicted octanol–water partition coefficient (Wildman–Crippen LogP) is 1.11. The summed E-state index contributed by atoms with van der Waals surface area (Å²) in [6, 6.07) is 5.03. The van der Waals surface area contributed by atoms with Gasteiger partial charge in [0.2, 0.25) is 22.3 Å². The minimum Gasteiger partial charge on any atom is -0.342 e. The first kappa shape index (κ1) is 19.5. The maximum Gasteiger partial charge on any atom is 0.232 e. The highest BCUT2D eigenvalue weighted by Gasteiger charge is 2.24. The van der Waals surface area contributed by atoms with Crippen LogP contribution in [0.15, 0.2) is 18.2 Å². The molecule has 1 aliphatic heterocycles. The van der Waals surface area contributed by atoms with Crippen molar-refractivity contribution in [3.05, 3.63) is 28.8 Å². The van der Waals surface area contributed by atoms with Crippen molar-refractivity contribution in [1.82, 2.24) is 9.80 Å². The molecule has 0 aromatic heterocycles. The molecular formula is C16H22ClN3O4S. The summed E-state index contributed by atoms with van der Waals surface area (Å²) in [5.74, 6) is -0.126. The quantitative estimate of drug-likeness (QED) is 0.685. The number of amides is 2. The highest BCUT2D eigenvalue weighted by molar-refractivity contribution is 7.92. The van der Waals surface area contributed by atoms with Crippen molar-refractivity contribution in [3.63, 3.8) is 0 Å². The lowest BCUT2D eigenvalue weighted by atomic mass is 10.2. The molecule has 7 nitrogen and oxygen atoms in total. The van der Waals surface area contributed by atoms with Crippen LogP contribution < -0.4 is 4.31 Å². The average Bonchev–Trinajstić information content (AvgIpc) is 2.56. The van der Waals surface area contributed by atoms with E-state index in [-0.39, 0.29) is 18.9 Å². The summed E-state index contributed by atoms with van der Waals surface area (Å²) in [7, 11) is -3.55. The molecule has 1 heterocycles. The number of piperazine rings is 1. The molecule has 9 heteroatoms. The van der Waals surface area contributed by atoms with Crippen molar-refractivity contribution in [3.8, 4) is 0 Å². The van der Waals surface area contributed by atoms with Gasteiger partial charge in [0.25, 0.3) is 0 Å². The normalized spacial score (nSPS) is 15.2. The van der Waals surface area contributed by atoms with E-state index in [0.717, 1.165) is 18.2 Å². The largest absolute Gasteiger partial charge is 0.342 e. The number of rotatable bonds is 6. The molecule has 0 radical (unpaired) electrons. The first-order chi connectivity index (χ1) is 11.7. The molecule has 0 atom stereocenters. The van der Waals surface area contributed by atoms with Gasteiger partial charge in [0.05, 0.1) is 11.9 Å². The van der Waals surface area contributed by atoms with E-state index in [1.165, 1.54) is 4.31 Å². The van der Waals surface area contributed by atoms with Crippen LogP contribution in [0.5, 0.6) is 0 Å². The van der Waals surface area contributed by atoms with Crippen LogP contribution in [-0.4, -0.2) is 69.5 Å². The molecule has 0 saturated carbocycles. The van der Waals surface area contributed by atoms with Gasteiger partial charge in [-0.25, -0.2) is 8.42 Å². The number of hydrogen-bond acceptors (Lipinski definition) is 4. The number of aryl methyl sites for hydroxylation is 1. The first-order valence-corrected chi connectivity index (χ1v) is 10.2. The third-order valence-corrected chi connectivity index (χ3v) is 5.60. The van der Waals surface area contributed by atoms with Crippen molar-refractivity contribution in [2.24, 2.45) is 0 Å². The number of halogens is 1. The molecular weight excluding hydrogens is 366 g/mol. The molecule has 2 rings (SSSR count). The minimum atomic E-state index is -3.55. The lowest BCUT2D eigenvalue weighted by Gasteiger charge is -2.33. The van der Waals surface area contributed by atoms with Crippen LogP contribution in [0.4, 0.5) is 5.69 Å². The van der Waals surface area contributed by atoms with Gasteiger partial charge in [-0.3, -0.25) is 13.9 Å². The smallest absolute Gasteiger partial charge is 0.232 e. The topological polar surface area (TPSA) is 78.0 Å². The van der Waals surface area contributed by atoms with Gasteiger partial charge in [0, 0.05) is 44.2 Å². The molecule has 2 amide bonds. The molecule has 1 fully saturated rings. The monoisotopic (exact) mass is 387 g/mol. The number of carbonyl (C=O) groups is 2. The van der Waals surface area contributed by atoms with Crippen molar-refractivity contribution in [2.45, 2.75) is 13.3 Å². The Hall–Kier alpha value is -1.80. The number of hydrogen-bond donors (Lipinski definition) is 0. The molecule has 0 N–H and O–H groups in total. The van der Waals surface area contributed by atoms with Crippen molar-refractivity contribution in [2.75, 3.05) is 43.3 Å². The second kappa shape index (κ2) is 8.05. The van der Waals surface area contributed by atoms with Gasteiger partial charge in [-0.15, -0.1) is 0 Å². The molecule has 1 aromatic carbocycles. The van der Waals surface area contributed by atoms with Gasteiger partial charge in [-0.2, -0.15) is 0 Å². The minimum absolute atomic E-state index is 0.0484. The van der Waals surface area contributed by atoms with E-state index >= 15 is 0 Å². The second-order valence-corrected chi connectivity index (χ2v) is 8.38. The van der Waals surface area contributed by atoms with Gasteiger partial charge in [-0.05, 0) is 24.6 Å². The van der Waals surface area contributed by atoms with E-state index in [1.54, 1.807) is 34.9 Å². The van der Waals surface area contributed by atoms with Crippen molar-refractivity contribution < 1.29 is 18.0 Å². The Labute approximate surface area is 153 Å². The van der Waals surface area contributed by atoms with Crippen LogP contribution in [-0.2, 0) is 19.6 Å². The third-order valence-electron chi connectivity index (χ3n) is 4.19. The van der Waals surface area contributed by atoms with E-state index in [4.69, 9.17) is 11.6 Å². The van der Waals surface area contributed by atoms with E-state index < -0.39 is 10.0 Å². The highest BCUT2D eigenvalue weighted by atomic mass is 35.5. The summed E-state index contributed by atoms with van der Waals surface area (Å²) in [5.41, 5.74) is 1.25. The molecule has 1 aliphatic rings. The van der Waals surface area contributed by atoms with Gasteiger partial charge in [0.15, 0.2) is 0 Å². The molecule has 0 unspecified atom stereocenters. The summed E-state index contributed by atoms with van der Waals surface area (Å²) in [6.45, 7) is 3.77. The Kier molecular flexibility index (Phi) is 6.29. The zero-order valence-electron chi connectivity index (χ0n) is 14.3. The standard InChI is InChI=1S/C16H22ClN3O4S/c1-13-3-4-14(17)11-15(13)20(25(2,23)24)6-5-16(22)19-9-7-18(12-21)8-10-19/h3-4,11-12H,5-10H2,1-2H3. The fourth-order valence-electron chi connectivity index (χ4n) is 2.75. The zero-order valence-corrected chi connectivity index (χ0v) is 15.9. The van der Waals surface area contributed by atoms with E-state index in [9.17, 15) is 18.0 Å². The lowest BCUT2D eigenvalue weighted by Crippen LogP contribution is -2.48. The van der Waals surface area contributed by atoms with Gasteiger partial charge < -0.3 is 9.80 Å². The first-order valence-electron chi connectivity index (χ1n) is 7.93. The summed E-state index contributed by atoms with van der Waals surface area (Å²) < 4.78 is 25.6. The lowest BCUT2D eigenvalue weighted by molar-refractivity contribution is -0.134. The van der Waals surface area contributed by atoms with E-state index in [2.05, 4.69) is 0 Å². The molecule has 1 saturated heterocycles. The number of benzene rings is 1. The Morgan fingerprint density at radius 3 is 2.48 bits per heavy atom. The summed E-state index contributed by atoms with van der Waals surface area (Å²) in [6.07, 6.45) is 1.95. The Balaban J connectivity index is 2.08. The second-order valence-electron chi connectivity index (χ2n) is 6.04. The Morgan fingerprint density at radius 2 is 1.92 bits per heavy atom. The molecule has 138 valence electrons. The van der Waals surface area contributed by atoms with Crippen LogP contribution in [0.25, 0.3) is 0 Å². The molecule has 0 aliphatic carbocycles. The summed E-state index contributed by atoms with van der Waals surface area (Å²) >= 11 is 5.99. The molecule has 25 heavy (non-hydrogen) atoms. The number of nitrogens with zero attached hydrogens (tertiary/aromatic N) is 3. The number of carbonyl (C=O) groups excluding carboxylic acids is 2. The van der Waals surface area contributed by atoms with Crippen molar-refractivity contribution in [1.29, 1.82) is 0 Å². The van der Waals surface area contributed by atoms with Gasteiger partial charge >= 0.3 is 0 Å². The van der Waals surface area contributed by atoms with Crippen LogP contribution >= 0.6 is 11.6 Å². The molecule has 0 bridgehead atoms. The zero-order chi connectivity index (χ0) is 18.6. The van der Waals surface area contributed by atoms with Crippen LogP contribution in [0.2, 0.25) is 5.02 Å². The fourth-order valence-corrected chi connectivity index (χ4v) is 3.89. The summed E-state index contributed by atoms with van der Waals surface area (Å²) in [5, 5.41) is 0.436. The SMILES string of the molecule is Cc1ccc(Cl)cc1N(CCC(=O)N1CCN(C=O)CC1)S(C)(=O)=O. The van der Waals surface area contributed by atoms with Crippen molar-refractivity contribution >= 4 is 39.6 Å². The van der Waals surface area contributed by atoms with Crippen LogP contribution in [0.1, 0.15) is 12.0 Å². The van der Waals surface area contributed by atoms with Crippen LogP contribution in [0, 0.1) is 6.92 Å². The third kappa shape index (κ3) is 5.09. The Bertz CT molecular complexity index is 746. The predicted molar refractivity (Wildman–Crippen MR) is 97.2 cm³/mol. The molecule has 0 spiro atoms. The maximum atomic E-state index is 12.4. The fraction of sp³-hybridized carbons (Fsp3) is 0.500.